The lowest BCUT2D eigenvalue weighted by Gasteiger charge is -2.11. The molecular weight excluding hydrogens is 214 g/mol. The smallest absolute Gasteiger partial charge is 0.251 e. The van der Waals surface area contributed by atoms with Crippen LogP contribution in [0, 0.1) is 0 Å². The summed E-state index contributed by atoms with van der Waals surface area (Å²) < 4.78 is 0. The van der Waals surface area contributed by atoms with Gasteiger partial charge < -0.3 is 10.6 Å². The molecule has 4 nitrogen and oxygen atoms in total. The zero-order valence-electron chi connectivity index (χ0n) is 11.0. The predicted octanol–water partition coefficient (Wildman–Crippen LogP) is 2.21. The molecule has 2 N–H and O–H groups in total. The maximum atomic E-state index is 11.9. The highest BCUT2D eigenvalue weighted by Crippen LogP contribution is 2.12. The van der Waals surface area contributed by atoms with Crippen molar-refractivity contribution in [2.75, 3.05) is 12.4 Å². The Kier molecular flexibility index (Phi) is 4.94. The van der Waals surface area contributed by atoms with E-state index in [0.717, 1.165) is 24.4 Å². The molecule has 0 aliphatic heterocycles. The number of aromatic nitrogens is 1. The average molecular weight is 235 g/mol. The Balaban J connectivity index is 2.97. The predicted molar refractivity (Wildman–Crippen MR) is 70.4 cm³/mol. The van der Waals surface area contributed by atoms with Gasteiger partial charge in [-0.25, -0.2) is 4.98 Å². The first-order valence-corrected chi connectivity index (χ1v) is 6.06. The first-order valence-electron chi connectivity index (χ1n) is 6.06. The van der Waals surface area contributed by atoms with Crippen LogP contribution in [0.15, 0.2) is 12.1 Å². The molecule has 1 heterocycles. The van der Waals surface area contributed by atoms with Crippen LogP contribution in [0.3, 0.4) is 0 Å². The number of carbonyl (C=O) groups excluding carboxylic acids is 1. The molecule has 1 amide bonds. The molecule has 1 aromatic heterocycles. The summed E-state index contributed by atoms with van der Waals surface area (Å²) in [7, 11) is 1.81. The topological polar surface area (TPSA) is 54.0 Å². The van der Waals surface area contributed by atoms with Crippen LogP contribution in [-0.4, -0.2) is 24.0 Å². The number of hydrogen-bond acceptors (Lipinski definition) is 3. The highest BCUT2D eigenvalue weighted by molar-refractivity contribution is 5.95. The molecule has 0 spiro atoms. The fourth-order valence-electron chi connectivity index (χ4n) is 1.58. The van der Waals surface area contributed by atoms with Gasteiger partial charge in [-0.2, -0.15) is 0 Å². The highest BCUT2D eigenvalue weighted by atomic mass is 16.1. The van der Waals surface area contributed by atoms with Crippen LogP contribution >= 0.6 is 0 Å². The summed E-state index contributed by atoms with van der Waals surface area (Å²) in [6, 6.07) is 3.78. The molecule has 0 unspecified atom stereocenters. The number of carbonyl (C=O) groups is 1. The van der Waals surface area contributed by atoms with Crippen LogP contribution in [0.5, 0.6) is 0 Å². The summed E-state index contributed by atoms with van der Waals surface area (Å²) in [6.07, 6.45) is 1.91. The van der Waals surface area contributed by atoms with Crippen LogP contribution in [0.2, 0.25) is 0 Å². The number of hydrogen-bond donors (Lipinski definition) is 2. The largest absolute Gasteiger partial charge is 0.373 e. The summed E-state index contributed by atoms with van der Waals surface area (Å²) in [4.78, 5) is 16.3. The molecule has 1 rings (SSSR count). The van der Waals surface area contributed by atoms with E-state index in [4.69, 9.17) is 0 Å². The lowest BCUT2D eigenvalue weighted by Crippen LogP contribution is -2.30. The van der Waals surface area contributed by atoms with Crippen LogP contribution in [0.1, 0.15) is 43.2 Å². The Morgan fingerprint density at radius 3 is 2.65 bits per heavy atom. The van der Waals surface area contributed by atoms with E-state index < -0.39 is 0 Å². The fourth-order valence-corrected chi connectivity index (χ4v) is 1.58. The fraction of sp³-hybridized carbons (Fsp3) is 0.538. The van der Waals surface area contributed by atoms with Gasteiger partial charge in [-0.15, -0.1) is 0 Å². The maximum absolute atomic E-state index is 11.9. The summed E-state index contributed by atoms with van der Waals surface area (Å²) in [5, 5.41) is 5.87. The zero-order chi connectivity index (χ0) is 12.8. The quantitative estimate of drug-likeness (QED) is 0.822. The van der Waals surface area contributed by atoms with Crippen molar-refractivity contribution in [3.63, 3.8) is 0 Å². The second-order valence-electron chi connectivity index (χ2n) is 4.36. The molecule has 0 aliphatic carbocycles. The van der Waals surface area contributed by atoms with Gasteiger partial charge in [-0.05, 0) is 32.4 Å². The number of nitrogens with zero attached hydrogens (tertiary/aromatic N) is 1. The molecular formula is C13H21N3O. The molecule has 4 heteroatoms. The highest BCUT2D eigenvalue weighted by Gasteiger charge is 2.10. The van der Waals surface area contributed by atoms with E-state index in [2.05, 4.69) is 22.5 Å². The van der Waals surface area contributed by atoms with Crippen LogP contribution < -0.4 is 10.6 Å². The van der Waals surface area contributed by atoms with E-state index in [1.165, 1.54) is 0 Å². The van der Waals surface area contributed by atoms with Crippen LogP contribution in [0.25, 0.3) is 0 Å². The molecule has 0 aliphatic rings. The third kappa shape index (κ3) is 4.06. The summed E-state index contributed by atoms with van der Waals surface area (Å²) >= 11 is 0. The minimum Gasteiger partial charge on any atom is -0.373 e. The number of rotatable bonds is 5. The van der Waals surface area contributed by atoms with Crippen molar-refractivity contribution >= 4 is 11.7 Å². The molecule has 17 heavy (non-hydrogen) atoms. The van der Waals surface area contributed by atoms with E-state index in [9.17, 15) is 4.79 Å². The minimum absolute atomic E-state index is 0.0451. The minimum atomic E-state index is -0.0451. The van der Waals surface area contributed by atoms with E-state index in [0.29, 0.717) is 5.56 Å². The molecule has 0 atom stereocenters. The van der Waals surface area contributed by atoms with Gasteiger partial charge in [0.2, 0.25) is 0 Å². The third-order valence-electron chi connectivity index (χ3n) is 2.32. The van der Waals surface area contributed by atoms with Gasteiger partial charge in [0.1, 0.15) is 5.82 Å². The van der Waals surface area contributed by atoms with Gasteiger partial charge in [-0.1, -0.05) is 13.3 Å². The summed E-state index contributed by atoms with van der Waals surface area (Å²) in [5.41, 5.74) is 1.62. The number of nitrogens with one attached hydrogen (secondary N) is 2. The molecule has 0 bridgehead atoms. The first-order chi connectivity index (χ1) is 8.06. The monoisotopic (exact) mass is 235 g/mol. The van der Waals surface area contributed by atoms with E-state index in [1.807, 2.05) is 27.0 Å². The van der Waals surface area contributed by atoms with Gasteiger partial charge in [0.25, 0.3) is 5.91 Å². The lowest BCUT2D eigenvalue weighted by molar-refractivity contribution is 0.0943. The summed E-state index contributed by atoms with van der Waals surface area (Å²) in [5.74, 6) is 0.695. The van der Waals surface area contributed by atoms with Crippen molar-refractivity contribution in [3.05, 3.63) is 23.4 Å². The van der Waals surface area contributed by atoms with Gasteiger partial charge in [0.15, 0.2) is 0 Å². The van der Waals surface area contributed by atoms with E-state index in [-0.39, 0.29) is 11.9 Å². The standard InChI is InChI=1S/C13H21N3O/c1-5-6-11-7-10(8-12(14-4)16-11)13(17)15-9(2)3/h7-9H,5-6H2,1-4H3,(H,14,16)(H,15,17). The molecule has 0 radical (unpaired) electrons. The number of aryl methyl sites for hydroxylation is 1. The van der Waals surface area contributed by atoms with Gasteiger partial charge >= 0.3 is 0 Å². The van der Waals surface area contributed by atoms with Crippen molar-refractivity contribution in [2.45, 2.75) is 39.7 Å². The van der Waals surface area contributed by atoms with Crippen molar-refractivity contribution < 1.29 is 4.79 Å². The molecule has 94 valence electrons. The zero-order valence-corrected chi connectivity index (χ0v) is 11.0. The van der Waals surface area contributed by atoms with Gasteiger partial charge in [0, 0.05) is 24.3 Å². The average Bonchev–Trinajstić information content (AvgIpc) is 2.28. The Labute approximate surface area is 103 Å². The maximum Gasteiger partial charge on any atom is 0.251 e. The Hall–Kier alpha value is -1.58. The molecule has 0 aromatic carbocycles. The molecule has 0 fully saturated rings. The third-order valence-corrected chi connectivity index (χ3v) is 2.32. The number of pyridine rings is 1. The van der Waals surface area contributed by atoms with E-state index in [1.54, 1.807) is 6.07 Å². The van der Waals surface area contributed by atoms with Crippen molar-refractivity contribution in [1.29, 1.82) is 0 Å². The Bertz CT molecular complexity index is 388. The van der Waals surface area contributed by atoms with Crippen LogP contribution in [0.4, 0.5) is 5.82 Å². The summed E-state index contributed by atoms with van der Waals surface area (Å²) in [6.45, 7) is 6.00. The molecule has 0 saturated heterocycles. The molecule has 1 aromatic rings. The number of amides is 1. The SMILES string of the molecule is CCCc1cc(C(=O)NC(C)C)cc(NC)n1. The second-order valence-corrected chi connectivity index (χ2v) is 4.36. The normalized spacial score (nSPS) is 10.4. The van der Waals surface area contributed by atoms with Crippen molar-refractivity contribution in [2.24, 2.45) is 0 Å². The van der Waals surface area contributed by atoms with E-state index >= 15 is 0 Å². The van der Waals surface area contributed by atoms with Gasteiger partial charge in [0.05, 0.1) is 0 Å². The second kappa shape index (κ2) is 6.23. The first kappa shape index (κ1) is 13.5. The Morgan fingerprint density at radius 1 is 1.41 bits per heavy atom. The van der Waals surface area contributed by atoms with Gasteiger partial charge in [-0.3, -0.25) is 4.79 Å². The molecule has 0 saturated carbocycles. The Morgan fingerprint density at radius 2 is 2.12 bits per heavy atom. The van der Waals surface area contributed by atoms with Crippen LogP contribution in [-0.2, 0) is 6.42 Å². The lowest BCUT2D eigenvalue weighted by atomic mass is 10.1. The number of anilines is 1. The van der Waals surface area contributed by atoms with Crippen molar-refractivity contribution in [3.8, 4) is 0 Å². The van der Waals surface area contributed by atoms with Crippen molar-refractivity contribution in [1.82, 2.24) is 10.3 Å².